The third kappa shape index (κ3) is 5.26. The highest BCUT2D eigenvalue weighted by Crippen LogP contribution is 2.37. The molecule has 29 heavy (non-hydrogen) atoms. The van der Waals surface area contributed by atoms with Crippen molar-refractivity contribution in [2.45, 2.75) is 25.1 Å². The van der Waals surface area contributed by atoms with Gasteiger partial charge in [0.05, 0.1) is 16.3 Å². The first-order chi connectivity index (χ1) is 13.6. The van der Waals surface area contributed by atoms with E-state index in [9.17, 15) is 22.4 Å². The average Bonchev–Trinajstić information content (AvgIpc) is 3.11. The minimum atomic E-state index is -4.53. The summed E-state index contributed by atoms with van der Waals surface area (Å²) in [5.41, 5.74) is -0.809. The molecule has 0 spiro atoms. The number of nitrogens with zero attached hydrogens (tertiary/aromatic N) is 1. The summed E-state index contributed by atoms with van der Waals surface area (Å²) in [6.07, 6.45) is -3.28. The van der Waals surface area contributed by atoms with Crippen LogP contribution in [0.5, 0.6) is 11.5 Å². The smallest absolute Gasteiger partial charge is 0.416 e. The Hall–Kier alpha value is -2.17. The Balaban J connectivity index is 1.66. The highest BCUT2D eigenvalue weighted by Gasteiger charge is 2.32. The second-order valence-corrected chi connectivity index (χ2v) is 7.48. The fraction of sp³-hybridized carbons (Fsp3) is 0.278. The fourth-order valence-corrected chi connectivity index (χ4v) is 3.88. The number of aliphatic carboxylic acids is 1. The molecule has 2 aromatic carbocycles. The SMILES string of the molecule is O=C(O)[C@@H]1CCCN1SNc1ccc(Oc2ccc(C(F)(F)F)cc2Cl)cc1F. The molecule has 0 amide bonds. The number of benzene rings is 2. The first-order valence-electron chi connectivity index (χ1n) is 8.42. The molecular formula is C18H15ClF4N2O3S. The number of nitrogens with one attached hydrogen (secondary N) is 1. The van der Waals surface area contributed by atoms with Gasteiger partial charge in [-0.25, -0.2) is 8.70 Å². The summed E-state index contributed by atoms with van der Waals surface area (Å²) in [7, 11) is 0. The monoisotopic (exact) mass is 450 g/mol. The van der Waals surface area contributed by atoms with Crippen LogP contribution >= 0.6 is 23.7 Å². The molecule has 1 saturated heterocycles. The lowest BCUT2D eigenvalue weighted by atomic mass is 10.2. The second kappa shape index (κ2) is 8.68. The summed E-state index contributed by atoms with van der Waals surface area (Å²) in [5, 5.41) is 8.89. The number of rotatable bonds is 6. The van der Waals surface area contributed by atoms with E-state index in [-0.39, 0.29) is 22.2 Å². The second-order valence-electron chi connectivity index (χ2n) is 6.22. The van der Waals surface area contributed by atoms with E-state index in [1.807, 2.05) is 0 Å². The molecule has 2 aromatic rings. The molecule has 0 aliphatic carbocycles. The van der Waals surface area contributed by atoms with E-state index in [4.69, 9.17) is 21.4 Å². The number of carboxylic acid groups (broad SMARTS) is 1. The lowest BCUT2D eigenvalue weighted by Gasteiger charge is -2.20. The molecule has 1 atom stereocenters. The third-order valence-corrected chi connectivity index (χ3v) is 5.47. The van der Waals surface area contributed by atoms with E-state index in [2.05, 4.69) is 4.72 Å². The van der Waals surface area contributed by atoms with E-state index in [0.717, 1.165) is 42.8 Å². The lowest BCUT2D eigenvalue weighted by Crippen LogP contribution is -2.31. The van der Waals surface area contributed by atoms with Gasteiger partial charge >= 0.3 is 12.1 Å². The molecule has 5 nitrogen and oxygen atoms in total. The number of carbonyl (C=O) groups is 1. The lowest BCUT2D eigenvalue weighted by molar-refractivity contribution is -0.140. The van der Waals surface area contributed by atoms with Gasteiger partial charge in [-0.05, 0) is 43.2 Å². The van der Waals surface area contributed by atoms with Gasteiger partial charge in [0, 0.05) is 24.7 Å². The van der Waals surface area contributed by atoms with E-state index in [1.165, 1.54) is 12.1 Å². The standard InChI is InChI=1S/C18H15ClF4N2O3S/c19-12-8-10(18(21,22)23)3-6-16(12)28-11-4-5-14(13(20)9-11)24-29-25-7-1-2-15(25)17(26)27/h3-6,8-9,15,24H,1-2,7H2,(H,26,27)/t15-/m0/s1. The van der Waals surface area contributed by atoms with Gasteiger partial charge in [-0.3, -0.25) is 4.79 Å². The summed E-state index contributed by atoms with van der Waals surface area (Å²) in [4.78, 5) is 11.2. The quantitative estimate of drug-likeness (QED) is 0.427. The van der Waals surface area contributed by atoms with Crippen molar-refractivity contribution in [3.05, 3.63) is 52.8 Å². The van der Waals surface area contributed by atoms with Crippen molar-refractivity contribution in [3.8, 4) is 11.5 Å². The first kappa shape index (κ1) is 21.5. The van der Waals surface area contributed by atoms with Crippen LogP contribution in [0, 0.1) is 5.82 Å². The molecule has 1 heterocycles. The zero-order valence-corrected chi connectivity index (χ0v) is 16.2. The molecular weight excluding hydrogens is 436 g/mol. The molecule has 1 fully saturated rings. The Labute approximate surface area is 172 Å². The average molecular weight is 451 g/mol. The van der Waals surface area contributed by atoms with Gasteiger partial charge < -0.3 is 14.6 Å². The van der Waals surface area contributed by atoms with Gasteiger partial charge in [0.25, 0.3) is 0 Å². The molecule has 11 heteroatoms. The van der Waals surface area contributed by atoms with Gasteiger partial charge in [0.1, 0.15) is 17.5 Å². The number of halogens is 5. The van der Waals surface area contributed by atoms with E-state index < -0.39 is 29.6 Å². The first-order valence-corrected chi connectivity index (χ1v) is 9.57. The molecule has 0 aromatic heterocycles. The number of hydrogen-bond donors (Lipinski definition) is 2. The van der Waals surface area contributed by atoms with Crippen LogP contribution in [0.3, 0.4) is 0 Å². The van der Waals surface area contributed by atoms with E-state index in [0.29, 0.717) is 13.0 Å². The molecule has 0 unspecified atom stereocenters. The van der Waals surface area contributed by atoms with E-state index >= 15 is 0 Å². The Morgan fingerprint density at radius 2 is 2.03 bits per heavy atom. The summed E-state index contributed by atoms with van der Waals surface area (Å²) in [6.45, 7) is 0.559. The maximum Gasteiger partial charge on any atom is 0.416 e. The van der Waals surface area contributed by atoms with Gasteiger partial charge in [0.2, 0.25) is 0 Å². The summed E-state index contributed by atoms with van der Waals surface area (Å²) in [6, 6.07) is 5.81. The predicted molar refractivity (Wildman–Crippen MR) is 102 cm³/mol. The predicted octanol–water partition coefficient (Wildman–Crippen LogP) is 5.81. The number of alkyl halides is 3. The minimum absolute atomic E-state index is 0.0456. The van der Waals surface area contributed by atoms with Crippen molar-refractivity contribution in [1.82, 2.24) is 4.31 Å². The van der Waals surface area contributed by atoms with Crippen LogP contribution in [0.15, 0.2) is 36.4 Å². The number of ether oxygens (including phenoxy) is 1. The summed E-state index contributed by atoms with van der Waals surface area (Å²) >= 11 is 6.83. The topological polar surface area (TPSA) is 61.8 Å². The number of hydrogen-bond acceptors (Lipinski definition) is 5. The molecule has 156 valence electrons. The van der Waals surface area contributed by atoms with E-state index in [1.54, 1.807) is 4.31 Å². The summed E-state index contributed by atoms with van der Waals surface area (Å²) in [5.74, 6) is -1.61. The van der Waals surface area contributed by atoms with Crippen LogP contribution in [0.2, 0.25) is 5.02 Å². The van der Waals surface area contributed by atoms with Gasteiger partial charge in [-0.1, -0.05) is 11.6 Å². The van der Waals surface area contributed by atoms with Crippen molar-refractivity contribution in [1.29, 1.82) is 0 Å². The molecule has 1 aliphatic rings. The van der Waals surface area contributed by atoms with Crippen molar-refractivity contribution in [3.63, 3.8) is 0 Å². The Kier molecular flexibility index (Phi) is 6.45. The number of anilines is 1. The van der Waals surface area contributed by atoms with Gasteiger partial charge in [-0.2, -0.15) is 13.2 Å². The summed E-state index contributed by atoms with van der Waals surface area (Å²) < 4.78 is 62.1. The van der Waals surface area contributed by atoms with Crippen LogP contribution in [0.1, 0.15) is 18.4 Å². The van der Waals surface area contributed by atoms with Gasteiger partial charge in [-0.15, -0.1) is 0 Å². The fourth-order valence-electron chi connectivity index (χ4n) is 2.73. The molecule has 3 rings (SSSR count). The number of carboxylic acids is 1. The van der Waals surface area contributed by atoms with Crippen LogP contribution in [0.4, 0.5) is 23.2 Å². The van der Waals surface area contributed by atoms with Crippen molar-refractivity contribution in [2.75, 3.05) is 11.3 Å². The third-order valence-electron chi connectivity index (χ3n) is 4.19. The molecule has 0 bridgehead atoms. The Morgan fingerprint density at radius 1 is 1.28 bits per heavy atom. The Bertz CT molecular complexity index is 913. The Morgan fingerprint density at radius 3 is 2.66 bits per heavy atom. The zero-order valence-electron chi connectivity index (χ0n) is 14.7. The van der Waals surface area contributed by atoms with Crippen molar-refractivity contribution in [2.24, 2.45) is 0 Å². The maximum atomic E-state index is 14.3. The normalized spacial score (nSPS) is 17.3. The molecule has 1 aliphatic heterocycles. The molecule has 2 N–H and O–H groups in total. The van der Waals surface area contributed by atoms with Crippen LogP contribution in [-0.4, -0.2) is 28.0 Å². The molecule has 0 saturated carbocycles. The molecule has 0 radical (unpaired) electrons. The van der Waals surface area contributed by atoms with Gasteiger partial charge in [0.15, 0.2) is 5.82 Å². The van der Waals surface area contributed by atoms with Crippen LogP contribution in [0.25, 0.3) is 0 Å². The largest absolute Gasteiger partial charge is 0.480 e. The highest BCUT2D eigenvalue weighted by molar-refractivity contribution is 7.98. The van der Waals surface area contributed by atoms with Crippen LogP contribution in [-0.2, 0) is 11.0 Å². The zero-order chi connectivity index (χ0) is 21.2. The van der Waals surface area contributed by atoms with Crippen molar-refractivity contribution < 1.29 is 32.2 Å². The maximum absolute atomic E-state index is 14.3. The van der Waals surface area contributed by atoms with Crippen molar-refractivity contribution >= 4 is 35.4 Å². The minimum Gasteiger partial charge on any atom is -0.480 e. The van der Waals surface area contributed by atoms with Crippen LogP contribution < -0.4 is 9.46 Å². The highest BCUT2D eigenvalue weighted by atomic mass is 35.5.